The van der Waals surface area contributed by atoms with Gasteiger partial charge in [0.2, 0.25) is 0 Å². The summed E-state index contributed by atoms with van der Waals surface area (Å²) in [6.07, 6.45) is 1.27. The van der Waals surface area contributed by atoms with Crippen molar-refractivity contribution in [3.8, 4) is 5.75 Å². The van der Waals surface area contributed by atoms with E-state index in [1.165, 1.54) is 0 Å². The zero-order chi connectivity index (χ0) is 10.6. The molecule has 0 saturated heterocycles. The minimum Gasteiger partial charge on any atom is -0.496 e. The van der Waals surface area contributed by atoms with Crippen molar-refractivity contribution >= 4 is 6.29 Å². The van der Waals surface area contributed by atoms with Crippen molar-refractivity contribution in [1.82, 2.24) is 0 Å². The summed E-state index contributed by atoms with van der Waals surface area (Å²) in [7, 11) is 1.62. The van der Waals surface area contributed by atoms with Crippen molar-refractivity contribution in [2.45, 2.75) is 19.4 Å². The number of benzene rings is 1. The molecule has 0 heterocycles. The summed E-state index contributed by atoms with van der Waals surface area (Å²) in [5.74, 6) is 0.794. The quantitative estimate of drug-likeness (QED) is 0.728. The monoisotopic (exact) mass is 193 g/mol. The smallest absolute Gasteiger partial charge is 0.137 e. The van der Waals surface area contributed by atoms with E-state index in [2.05, 4.69) is 0 Å². The maximum absolute atomic E-state index is 10.4. The highest BCUT2D eigenvalue weighted by Gasteiger charge is 2.07. The van der Waals surface area contributed by atoms with Gasteiger partial charge < -0.3 is 15.3 Å². The van der Waals surface area contributed by atoms with E-state index in [1.54, 1.807) is 7.11 Å². The average molecular weight is 193 g/mol. The minimum absolute atomic E-state index is 0.452. The fourth-order valence-electron chi connectivity index (χ4n) is 1.32. The molecule has 0 saturated carbocycles. The second kappa shape index (κ2) is 4.77. The molecule has 0 bridgehead atoms. The molecule has 1 rings (SSSR count). The molecule has 14 heavy (non-hydrogen) atoms. The third kappa shape index (κ3) is 2.57. The van der Waals surface area contributed by atoms with E-state index >= 15 is 0 Å². The van der Waals surface area contributed by atoms with E-state index in [0.29, 0.717) is 6.42 Å². The van der Waals surface area contributed by atoms with Gasteiger partial charge in [0.25, 0.3) is 0 Å². The first-order valence-corrected chi connectivity index (χ1v) is 4.51. The topological polar surface area (TPSA) is 52.3 Å². The van der Waals surface area contributed by atoms with Gasteiger partial charge in [-0.1, -0.05) is 12.1 Å². The Balaban J connectivity index is 2.90. The SMILES string of the molecule is COc1cc(C)ccc1CC(N)C=O. The number of aryl methyl sites for hydroxylation is 1. The zero-order valence-corrected chi connectivity index (χ0v) is 8.49. The maximum atomic E-state index is 10.4. The number of hydrogen-bond donors (Lipinski definition) is 1. The largest absolute Gasteiger partial charge is 0.496 e. The van der Waals surface area contributed by atoms with Gasteiger partial charge in [-0.3, -0.25) is 0 Å². The number of aldehydes is 1. The predicted molar refractivity (Wildman–Crippen MR) is 55.5 cm³/mol. The van der Waals surface area contributed by atoms with Crippen LogP contribution in [0.5, 0.6) is 5.75 Å². The number of hydrogen-bond acceptors (Lipinski definition) is 3. The number of nitrogens with two attached hydrogens (primary N) is 1. The van der Waals surface area contributed by atoms with E-state index in [-0.39, 0.29) is 0 Å². The van der Waals surface area contributed by atoms with E-state index in [9.17, 15) is 4.79 Å². The molecule has 0 aliphatic carbocycles. The van der Waals surface area contributed by atoms with Crippen molar-refractivity contribution in [2.75, 3.05) is 7.11 Å². The lowest BCUT2D eigenvalue weighted by atomic mass is 10.0. The number of rotatable bonds is 4. The second-order valence-electron chi connectivity index (χ2n) is 3.32. The summed E-state index contributed by atoms with van der Waals surface area (Å²) in [6, 6.07) is 5.41. The lowest BCUT2D eigenvalue weighted by molar-refractivity contribution is -0.108. The van der Waals surface area contributed by atoms with Gasteiger partial charge in [-0.05, 0) is 30.5 Å². The molecular formula is C11H15NO2. The number of methoxy groups -OCH3 is 1. The van der Waals surface area contributed by atoms with Gasteiger partial charge >= 0.3 is 0 Å². The molecule has 1 aromatic carbocycles. The van der Waals surface area contributed by atoms with E-state index in [4.69, 9.17) is 10.5 Å². The fraction of sp³-hybridized carbons (Fsp3) is 0.364. The third-order valence-corrected chi connectivity index (χ3v) is 2.07. The van der Waals surface area contributed by atoms with Crippen molar-refractivity contribution in [2.24, 2.45) is 5.73 Å². The lowest BCUT2D eigenvalue weighted by Crippen LogP contribution is -2.24. The Hall–Kier alpha value is -1.35. The average Bonchev–Trinajstić information content (AvgIpc) is 2.20. The lowest BCUT2D eigenvalue weighted by Gasteiger charge is -2.10. The van der Waals surface area contributed by atoms with Gasteiger partial charge in [0.05, 0.1) is 13.2 Å². The standard InChI is InChI=1S/C11H15NO2/c1-8-3-4-9(6-10(12)7-13)11(5-8)14-2/h3-5,7,10H,6,12H2,1-2H3. The third-order valence-electron chi connectivity index (χ3n) is 2.07. The second-order valence-corrected chi connectivity index (χ2v) is 3.32. The Morgan fingerprint density at radius 2 is 2.29 bits per heavy atom. The summed E-state index contributed by atoms with van der Waals surface area (Å²) in [4.78, 5) is 10.4. The van der Waals surface area contributed by atoms with Gasteiger partial charge in [0, 0.05) is 0 Å². The van der Waals surface area contributed by atoms with Gasteiger partial charge in [-0.2, -0.15) is 0 Å². The highest BCUT2D eigenvalue weighted by atomic mass is 16.5. The molecule has 0 fully saturated rings. The van der Waals surface area contributed by atoms with Gasteiger partial charge in [-0.25, -0.2) is 0 Å². The van der Waals surface area contributed by atoms with Crippen LogP contribution in [0.1, 0.15) is 11.1 Å². The molecule has 0 aliphatic rings. The van der Waals surface area contributed by atoms with Gasteiger partial charge in [0.15, 0.2) is 0 Å². The van der Waals surface area contributed by atoms with Crippen LogP contribution in [0.15, 0.2) is 18.2 Å². The Bertz CT molecular complexity index is 323. The highest BCUT2D eigenvalue weighted by Crippen LogP contribution is 2.20. The van der Waals surface area contributed by atoms with Crippen LogP contribution in [-0.2, 0) is 11.2 Å². The molecular weight excluding hydrogens is 178 g/mol. The first-order valence-electron chi connectivity index (χ1n) is 4.51. The first-order chi connectivity index (χ1) is 6.67. The molecule has 0 aromatic heterocycles. The van der Waals surface area contributed by atoms with Crippen LogP contribution in [0.3, 0.4) is 0 Å². The zero-order valence-electron chi connectivity index (χ0n) is 8.49. The van der Waals surface area contributed by atoms with Crippen molar-refractivity contribution in [3.05, 3.63) is 29.3 Å². The molecule has 0 aliphatic heterocycles. The Kier molecular flexibility index (Phi) is 3.65. The maximum Gasteiger partial charge on any atom is 0.137 e. The van der Waals surface area contributed by atoms with Gasteiger partial charge in [-0.15, -0.1) is 0 Å². The molecule has 0 amide bonds. The van der Waals surface area contributed by atoms with Crippen molar-refractivity contribution < 1.29 is 9.53 Å². The molecule has 0 spiro atoms. The first kappa shape index (κ1) is 10.7. The molecule has 1 aromatic rings. The molecule has 1 atom stereocenters. The summed E-state index contributed by atoms with van der Waals surface area (Å²) < 4.78 is 5.20. The van der Waals surface area contributed by atoms with Crippen LogP contribution in [0.2, 0.25) is 0 Å². The number of carbonyl (C=O) groups excluding carboxylic acids is 1. The Morgan fingerprint density at radius 3 is 2.86 bits per heavy atom. The molecule has 2 N–H and O–H groups in total. The van der Waals surface area contributed by atoms with E-state index in [0.717, 1.165) is 23.2 Å². The highest BCUT2D eigenvalue weighted by molar-refractivity contribution is 5.58. The fourth-order valence-corrected chi connectivity index (χ4v) is 1.32. The number of carbonyl (C=O) groups is 1. The number of ether oxygens (including phenoxy) is 1. The minimum atomic E-state index is -0.452. The molecule has 0 radical (unpaired) electrons. The summed E-state index contributed by atoms with van der Waals surface area (Å²) in [5.41, 5.74) is 7.64. The molecule has 76 valence electrons. The predicted octanol–water partition coefficient (Wildman–Crippen LogP) is 1.07. The summed E-state index contributed by atoms with van der Waals surface area (Å²) in [6.45, 7) is 1.99. The van der Waals surface area contributed by atoms with Crippen LogP contribution in [0, 0.1) is 6.92 Å². The van der Waals surface area contributed by atoms with Crippen LogP contribution in [0.25, 0.3) is 0 Å². The van der Waals surface area contributed by atoms with Crippen LogP contribution in [0.4, 0.5) is 0 Å². The Morgan fingerprint density at radius 1 is 1.57 bits per heavy atom. The van der Waals surface area contributed by atoms with E-state index < -0.39 is 6.04 Å². The van der Waals surface area contributed by atoms with Crippen molar-refractivity contribution in [3.63, 3.8) is 0 Å². The van der Waals surface area contributed by atoms with Gasteiger partial charge in [0.1, 0.15) is 12.0 Å². The van der Waals surface area contributed by atoms with E-state index in [1.807, 2.05) is 25.1 Å². The van der Waals surface area contributed by atoms with Crippen LogP contribution >= 0.6 is 0 Å². The van der Waals surface area contributed by atoms with Crippen LogP contribution < -0.4 is 10.5 Å². The van der Waals surface area contributed by atoms with Crippen molar-refractivity contribution in [1.29, 1.82) is 0 Å². The molecule has 3 heteroatoms. The summed E-state index contributed by atoms with van der Waals surface area (Å²) in [5, 5.41) is 0. The summed E-state index contributed by atoms with van der Waals surface area (Å²) >= 11 is 0. The van der Waals surface area contributed by atoms with Crippen LogP contribution in [-0.4, -0.2) is 19.4 Å². The molecule has 3 nitrogen and oxygen atoms in total. The molecule has 1 unspecified atom stereocenters. The Labute approximate surface area is 83.9 Å². The normalized spacial score (nSPS) is 12.2.